The van der Waals surface area contributed by atoms with E-state index in [1.165, 1.54) is 5.56 Å². The van der Waals surface area contributed by atoms with Crippen molar-refractivity contribution in [2.24, 2.45) is 5.41 Å². The predicted molar refractivity (Wildman–Crippen MR) is 82.0 cm³/mol. The Labute approximate surface area is 127 Å². The van der Waals surface area contributed by atoms with Gasteiger partial charge >= 0.3 is 0 Å². The first-order chi connectivity index (χ1) is 10.2. The van der Waals surface area contributed by atoms with E-state index in [9.17, 15) is 5.11 Å². The Morgan fingerprint density at radius 2 is 2.19 bits per heavy atom. The highest BCUT2D eigenvalue weighted by atomic mass is 16.5. The molecule has 1 saturated heterocycles. The van der Waals surface area contributed by atoms with Crippen LogP contribution >= 0.6 is 0 Å². The standard InChI is InChI=1S/C17H26N2O2/c1-3-21-16-11-15(20)17(16)6-9-19(10-7-17)12-14-5-4-8-18-13(14)2/h4-5,8,15-16,20H,3,6-7,9-12H2,1-2H3. The molecule has 4 nitrogen and oxygen atoms in total. The molecule has 1 aromatic heterocycles. The van der Waals surface area contributed by atoms with Crippen LogP contribution in [0.1, 0.15) is 37.4 Å². The van der Waals surface area contributed by atoms with Crippen LogP contribution in [-0.4, -0.2) is 46.9 Å². The second kappa shape index (κ2) is 6.03. The van der Waals surface area contributed by atoms with Gasteiger partial charge in [-0.2, -0.15) is 0 Å². The molecule has 1 aliphatic heterocycles. The van der Waals surface area contributed by atoms with Gasteiger partial charge in [-0.1, -0.05) is 6.07 Å². The van der Waals surface area contributed by atoms with E-state index >= 15 is 0 Å². The quantitative estimate of drug-likeness (QED) is 0.923. The van der Waals surface area contributed by atoms with Crippen LogP contribution in [0.5, 0.6) is 0 Å². The van der Waals surface area contributed by atoms with Crippen LogP contribution in [0.15, 0.2) is 18.3 Å². The molecule has 0 radical (unpaired) electrons. The minimum Gasteiger partial charge on any atom is -0.392 e. The van der Waals surface area contributed by atoms with Gasteiger partial charge in [-0.3, -0.25) is 9.88 Å². The Kier molecular flexibility index (Phi) is 4.29. The Morgan fingerprint density at radius 1 is 1.43 bits per heavy atom. The monoisotopic (exact) mass is 290 g/mol. The first kappa shape index (κ1) is 14.9. The molecule has 2 fully saturated rings. The lowest BCUT2D eigenvalue weighted by molar-refractivity contribution is -0.209. The second-order valence-electron chi connectivity index (χ2n) is 6.45. The number of nitrogens with zero attached hydrogens (tertiary/aromatic N) is 2. The average Bonchev–Trinajstić information content (AvgIpc) is 2.50. The maximum atomic E-state index is 10.2. The molecule has 1 spiro atoms. The van der Waals surface area contributed by atoms with Gasteiger partial charge in [0.25, 0.3) is 0 Å². The second-order valence-corrected chi connectivity index (χ2v) is 6.45. The van der Waals surface area contributed by atoms with Gasteiger partial charge in [0.05, 0.1) is 12.2 Å². The lowest BCUT2D eigenvalue weighted by atomic mass is 9.58. The van der Waals surface area contributed by atoms with Crippen LogP contribution < -0.4 is 0 Å². The van der Waals surface area contributed by atoms with E-state index < -0.39 is 0 Å². The topological polar surface area (TPSA) is 45.6 Å². The number of rotatable bonds is 4. The summed E-state index contributed by atoms with van der Waals surface area (Å²) in [6.07, 6.45) is 4.84. The minimum atomic E-state index is -0.170. The fraction of sp³-hybridized carbons (Fsp3) is 0.706. The van der Waals surface area contributed by atoms with E-state index in [-0.39, 0.29) is 17.6 Å². The molecule has 2 heterocycles. The van der Waals surface area contributed by atoms with Gasteiger partial charge in [-0.25, -0.2) is 0 Å². The molecule has 116 valence electrons. The summed E-state index contributed by atoms with van der Waals surface area (Å²) in [7, 11) is 0. The summed E-state index contributed by atoms with van der Waals surface area (Å²) in [4.78, 5) is 6.84. The number of hydrogen-bond donors (Lipinski definition) is 1. The fourth-order valence-electron chi connectivity index (χ4n) is 3.87. The zero-order valence-electron chi connectivity index (χ0n) is 13.1. The lowest BCUT2D eigenvalue weighted by Crippen LogP contribution is -2.62. The van der Waals surface area contributed by atoms with Gasteiger partial charge < -0.3 is 9.84 Å². The van der Waals surface area contributed by atoms with Crippen molar-refractivity contribution in [1.82, 2.24) is 9.88 Å². The third-order valence-electron chi connectivity index (χ3n) is 5.41. The molecule has 0 aromatic carbocycles. The van der Waals surface area contributed by atoms with Crippen LogP contribution in [0, 0.1) is 12.3 Å². The summed E-state index contributed by atoms with van der Waals surface area (Å²) in [5, 5.41) is 10.2. The zero-order chi connectivity index (χ0) is 14.9. The first-order valence-electron chi connectivity index (χ1n) is 8.08. The number of pyridine rings is 1. The van der Waals surface area contributed by atoms with Gasteiger partial charge in [0, 0.05) is 36.9 Å². The molecule has 3 rings (SSSR count). The summed E-state index contributed by atoms with van der Waals surface area (Å²) < 4.78 is 5.83. The van der Waals surface area contributed by atoms with E-state index in [2.05, 4.69) is 22.9 Å². The molecule has 1 aromatic rings. The van der Waals surface area contributed by atoms with Crippen molar-refractivity contribution in [2.75, 3.05) is 19.7 Å². The number of aliphatic hydroxyl groups is 1. The third kappa shape index (κ3) is 2.72. The van der Waals surface area contributed by atoms with E-state index in [0.717, 1.165) is 51.2 Å². The number of likely N-dealkylation sites (tertiary alicyclic amines) is 1. The largest absolute Gasteiger partial charge is 0.392 e. The first-order valence-corrected chi connectivity index (χ1v) is 8.08. The maximum absolute atomic E-state index is 10.2. The van der Waals surface area contributed by atoms with Crippen molar-refractivity contribution in [3.05, 3.63) is 29.6 Å². The molecule has 1 N–H and O–H groups in total. The van der Waals surface area contributed by atoms with E-state index in [0.29, 0.717) is 0 Å². The van der Waals surface area contributed by atoms with Crippen LogP contribution in [0.3, 0.4) is 0 Å². The molecular weight excluding hydrogens is 264 g/mol. The van der Waals surface area contributed by atoms with Crippen LogP contribution in [0.25, 0.3) is 0 Å². The molecule has 2 aliphatic rings. The number of piperidine rings is 1. The number of ether oxygens (including phenoxy) is 1. The number of hydrogen-bond acceptors (Lipinski definition) is 4. The van der Waals surface area contributed by atoms with Crippen LogP contribution in [0.4, 0.5) is 0 Å². The molecule has 0 amide bonds. The molecule has 1 saturated carbocycles. The van der Waals surface area contributed by atoms with E-state index in [1.54, 1.807) is 0 Å². The Hall–Kier alpha value is -0.970. The molecular formula is C17H26N2O2. The van der Waals surface area contributed by atoms with Gasteiger partial charge in [0.15, 0.2) is 0 Å². The zero-order valence-corrected chi connectivity index (χ0v) is 13.1. The van der Waals surface area contributed by atoms with Crippen molar-refractivity contribution in [3.8, 4) is 0 Å². The van der Waals surface area contributed by atoms with Crippen molar-refractivity contribution in [2.45, 2.75) is 51.9 Å². The highest BCUT2D eigenvalue weighted by Crippen LogP contribution is 2.51. The molecule has 2 atom stereocenters. The summed E-state index contributed by atoms with van der Waals surface area (Å²) in [6.45, 7) is 7.90. The highest BCUT2D eigenvalue weighted by molar-refractivity contribution is 5.18. The summed E-state index contributed by atoms with van der Waals surface area (Å²) in [5.41, 5.74) is 2.45. The number of aliphatic hydroxyl groups excluding tert-OH is 1. The highest BCUT2D eigenvalue weighted by Gasteiger charge is 2.55. The maximum Gasteiger partial charge on any atom is 0.0681 e. The molecule has 21 heavy (non-hydrogen) atoms. The normalized spacial score (nSPS) is 28.5. The van der Waals surface area contributed by atoms with Crippen molar-refractivity contribution < 1.29 is 9.84 Å². The van der Waals surface area contributed by atoms with Gasteiger partial charge in [0.2, 0.25) is 0 Å². The lowest BCUT2D eigenvalue weighted by Gasteiger charge is -2.56. The summed E-state index contributed by atoms with van der Waals surface area (Å²) >= 11 is 0. The van der Waals surface area contributed by atoms with Crippen molar-refractivity contribution in [1.29, 1.82) is 0 Å². The van der Waals surface area contributed by atoms with Gasteiger partial charge in [0.1, 0.15) is 0 Å². The van der Waals surface area contributed by atoms with Gasteiger partial charge in [-0.05, 0) is 51.4 Å². The van der Waals surface area contributed by atoms with E-state index in [4.69, 9.17) is 4.74 Å². The fourth-order valence-corrected chi connectivity index (χ4v) is 3.87. The minimum absolute atomic E-state index is 0.0243. The summed E-state index contributed by atoms with van der Waals surface area (Å²) in [6, 6.07) is 4.17. The van der Waals surface area contributed by atoms with Crippen molar-refractivity contribution >= 4 is 0 Å². The Balaban J connectivity index is 1.59. The third-order valence-corrected chi connectivity index (χ3v) is 5.41. The average molecular weight is 290 g/mol. The number of aryl methyl sites for hydroxylation is 1. The number of aromatic nitrogens is 1. The SMILES string of the molecule is CCOC1CC(O)C12CCN(Cc1cccnc1C)CC2. The smallest absolute Gasteiger partial charge is 0.0681 e. The Bertz CT molecular complexity index is 481. The Morgan fingerprint density at radius 3 is 2.81 bits per heavy atom. The predicted octanol–water partition coefficient (Wildman–Crippen LogP) is 2.14. The van der Waals surface area contributed by atoms with Crippen LogP contribution in [0.2, 0.25) is 0 Å². The molecule has 4 heteroatoms. The molecule has 2 unspecified atom stereocenters. The van der Waals surface area contributed by atoms with Crippen molar-refractivity contribution in [3.63, 3.8) is 0 Å². The van der Waals surface area contributed by atoms with E-state index in [1.807, 2.05) is 19.2 Å². The molecule has 1 aliphatic carbocycles. The molecule has 0 bridgehead atoms. The van der Waals surface area contributed by atoms with Gasteiger partial charge in [-0.15, -0.1) is 0 Å². The van der Waals surface area contributed by atoms with Crippen LogP contribution in [-0.2, 0) is 11.3 Å². The summed E-state index contributed by atoms with van der Waals surface area (Å²) in [5.74, 6) is 0.